The lowest BCUT2D eigenvalue weighted by atomic mass is 10.1. The number of thiazole rings is 1. The first kappa shape index (κ1) is 19.5. The van der Waals surface area contributed by atoms with E-state index in [1.165, 1.54) is 18.4 Å². The molecule has 0 aliphatic carbocycles. The topological polar surface area (TPSA) is 68.7 Å². The van der Waals surface area contributed by atoms with Crippen molar-refractivity contribution < 1.29 is 19.1 Å². The fourth-order valence-corrected chi connectivity index (χ4v) is 4.50. The number of methoxy groups -OCH3 is 1. The Bertz CT molecular complexity index is 1040. The smallest absolute Gasteiger partial charge is 0.337 e. The van der Waals surface area contributed by atoms with Gasteiger partial charge in [0.15, 0.2) is 5.13 Å². The zero-order valence-electron chi connectivity index (χ0n) is 16.4. The predicted octanol–water partition coefficient (Wildman–Crippen LogP) is 4.22. The second kappa shape index (κ2) is 8.31. The van der Waals surface area contributed by atoms with Gasteiger partial charge in [0.05, 0.1) is 35.5 Å². The summed E-state index contributed by atoms with van der Waals surface area (Å²) in [6, 6.07) is 12.5. The number of para-hydroxylation sites is 1. The lowest BCUT2D eigenvalue weighted by Gasteiger charge is -2.23. The number of carbonyl (C=O) groups excluding carboxylic acids is 2. The van der Waals surface area contributed by atoms with Crippen LogP contribution in [0.5, 0.6) is 0 Å². The zero-order chi connectivity index (χ0) is 20.4. The monoisotopic (exact) mass is 410 g/mol. The van der Waals surface area contributed by atoms with Crippen LogP contribution in [0.1, 0.15) is 39.1 Å². The number of rotatable bonds is 5. The van der Waals surface area contributed by atoms with Gasteiger partial charge in [-0.25, -0.2) is 9.78 Å². The predicted molar refractivity (Wildman–Crippen MR) is 113 cm³/mol. The molecule has 2 aromatic carbocycles. The van der Waals surface area contributed by atoms with Crippen molar-refractivity contribution in [2.24, 2.45) is 0 Å². The molecule has 0 radical (unpaired) electrons. The van der Waals surface area contributed by atoms with Gasteiger partial charge in [0, 0.05) is 12.2 Å². The molecule has 1 atom stereocenters. The van der Waals surface area contributed by atoms with Gasteiger partial charge in [-0.3, -0.25) is 9.69 Å². The maximum absolute atomic E-state index is 13.4. The van der Waals surface area contributed by atoms with Crippen LogP contribution in [0.25, 0.3) is 10.2 Å². The lowest BCUT2D eigenvalue weighted by molar-refractivity contribution is 0.0600. The summed E-state index contributed by atoms with van der Waals surface area (Å²) in [5.41, 5.74) is 2.90. The van der Waals surface area contributed by atoms with E-state index in [9.17, 15) is 9.59 Å². The normalized spacial score (nSPS) is 16.1. The minimum atomic E-state index is -0.429. The number of anilines is 1. The van der Waals surface area contributed by atoms with Crippen molar-refractivity contribution in [3.8, 4) is 0 Å². The number of hydrogen-bond acceptors (Lipinski definition) is 6. The van der Waals surface area contributed by atoms with Crippen LogP contribution in [0.2, 0.25) is 0 Å². The van der Waals surface area contributed by atoms with Crippen LogP contribution in [0.4, 0.5) is 5.13 Å². The minimum absolute atomic E-state index is 0.00130. The van der Waals surface area contributed by atoms with E-state index in [-0.39, 0.29) is 12.0 Å². The molecule has 6 nitrogen and oxygen atoms in total. The first-order chi connectivity index (χ1) is 14.1. The van der Waals surface area contributed by atoms with Crippen molar-refractivity contribution in [1.82, 2.24) is 4.98 Å². The van der Waals surface area contributed by atoms with Crippen molar-refractivity contribution in [1.29, 1.82) is 0 Å². The Morgan fingerprint density at radius 1 is 1.21 bits per heavy atom. The molecule has 1 aliphatic rings. The maximum atomic E-state index is 13.4. The summed E-state index contributed by atoms with van der Waals surface area (Å²) in [6.07, 6.45) is 1.93. The fraction of sp³-hybridized carbons (Fsp3) is 0.318. The largest absolute Gasteiger partial charge is 0.465 e. The van der Waals surface area contributed by atoms with Crippen molar-refractivity contribution in [2.75, 3.05) is 25.2 Å². The number of nitrogens with zero attached hydrogens (tertiary/aromatic N) is 2. The second-order valence-electron chi connectivity index (χ2n) is 7.04. The average Bonchev–Trinajstić information content (AvgIpc) is 3.41. The van der Waals surface area contributed by atoms with Gasteiger partial charge >= 0.3 is 5.97 Å². The first-order valence-corrected chi connectivity index (χ1v) is 10.4. The summed E-state index contributed by atoms with van der Waals surface area (Å²) in [5.74, 6) is -0.588. The van der Waals surface area contributed by atoms with Crippen molar-refractivity contribution in [3.05, 3.63) is 59.2 Å². The SMILES string of the molecule is COC(=O)c1ccc(C(=O)N(CC2CCCO2)c2nc3c(C)cccc3s2)cc1. The fourth-order valence-electron chi connectivity index (χ4n) is 3.45. The Morgan fingerprint density at radius 3 is 2.62 bits per heavy atom. The Morgan fingerprint density at radius 2 is 1.97 bits per heavy atom. The maximum Gasteiger partial charge on any atom is 0.337 e. The number of ether oxygens (including phenoxy) is 2. The van der Waals surface area contributed by atoms with Crippen molar-refractivity contribution in [2.45, 2.75) is 25.9 Å². The number of benzene rings is 2. The molecule has 150 valence electrons. The van der Waals surface area contributed by atoms with Gasteiger partial charge in [-0.1, -0.05) is 23.5 Å². The highest BCUT2D eigenvalue weighted by molar-refractivity contribution is 7.22. The van der Waals surface area contributed by atoms with E-state index < -0.39 is 5.97 Å². The van der Waals surface area contributed by atoms with Gasteiger partial charge in [-0.2, -0.15) is 0 Å². The third kappa shape index (κ3) is 4.02. The van der Waals surface area contributed by atoms with Crippen LogP contribution in [0, 0.1) is 6.92 Å². The Labute approximate surface area is 173 Å². The molecule has 0 bridgehead atoms. The molecule has 1 amide bonds. The van der Waals surface area contributed by atoms with Gasteiger partial charge in [0.25, 0.3) is 5.91 Å². The summed E-state index contributed by atoms with van der Waals surface area (Å²) >= 11 is 1.50. The molecule has 1 fully saturated rings. The van der Waals surface area contributed by atoms with Crippen molar-refractivity contribution in [3.63, 3.8) is 0 Å². The Kier molecular flexibility index (Phi) is 5.60. The van der Waals surface area contributed by atoms with Gasteiger partial charge in [-0.15, -0.1) is 0 Å². The molecular formula is C22H22N2O4S. The van der Waals surface area contributed by atoms with E-state index in [1.807, 2.05) is 25.1 Å². The van der Waals surface area contributed by atoms with E-state index in [4.69, 9.17) is 14.5 Å². The summed E-state index contributed by atoms with van der Waals surface area (Å²) in [7, 11) is 1.33. The molecule has 0 saturated carbocycles. The van der Waals surface area contributed by atoms with Gasteiger partial charge in [0.1, 0.15) is 0 Å². The molecule has 7 heteroatoms. The average molecular weight is 410 g/mol. The molecule has 1 unspecified atom stereocenters. The molecule has 1 aromatic heterocycles. The molecular weight excluding hydrogens is 388 g/mol. The summed E-state index contributed by atoms with van der Waals surface area (Å²) < 4.78 is 11.6. The summed E-state index contributed by atoms with van der Waals surface area (Å²) in [4.78, 5) is 31.5. The van der Waals surface area contributed by atoms with Crippen LogP contribution in [0.3, 0.4) is 0 Å². The first-order valence-electron chi connectivity index (χ1n) is 9.55. The van der Waals surface area contributed by atoms with Crippen LogP contribution in [-0.2, 0) is 9.47 Å². The van der Waals surface area contributed by atoms with Crippen LogP contribution in [0.15, 0.2) is 42.5 Å². The number of esters is 1. The molecule has 3 aromatic rings. The van der Waals surface area contributed by atoms with Crippen LogP contribution >= 0.6 is 11.3 Å². The summed E-state index contributed by atoms with van der Waals surface area (Å²) in [5, 5.41) is 0.659. The third-order valence-corrected chi connectivity index (χ3v) is 6.09. The van der Waals surface area contributed by atoms with E-state index in [1.54, 1.807) is 29.2 Å². The number of carbonyl (C=O) groups is 2. The number of hydrogen-bond donors (Lipinski definition) is 0. The molecule has 29 heavy (non-hydrogen) atoms. The quantitative estimate of drug-likeness (QED) is 0.589. The molecule has 4 rings (SSSR count). The lowest BCUT2D eigenvalue weighted by Crippen LogP contribution is -2.37. The van der Waals surface area contributed by atoms with Gasteiger partial charge in [0.2, 0.25) is 0 Å². The summed E-state index contributed by atoms with van der Waals surface area (Å²) in [6.45, 7) is 3.19. The highest BCUT2D eigenvalue weighted by atomic mass is 32.1. The van der Waals surface area contributed by atoms with E-state index >= 15 is 0 Å². The molecule has 0 spiro atoms. The Balaban J connectivity index is 1.68. The number of aryl methyl sites for hydroxylation is 1. The molecule has 2 heterocycles. The van der Waals surface area contributed by atoms with Crippen LogP contribution in [-0.4, -0.2) is 43.2 Å². The van der Waals surface area contributed by atoms with Gasteiger partial charge in [-0.05, 0) is 55.7 Å². The number of amides is 1. The Hall–Kier alpha value is -2.77. The van der Waals surface area contributed by atoms with Crippen molar-refractivity contribution >= 4 is 38.6 Å². The second-order valence-corrected chi connectivity index (χ2v) is 8.05. The molecule has 1 aliphatic heterocycles. The van der Waals surface area contributed by atoms with E-state index in [2.05, 4.69) is 0 Å². The molecule has 1 saturated heterocycles. The molecule has 0 N–H and O–H groups in total. The zero-order valence-corrected chi connectivity index (χ0v) is 17.2. The number of fused-ring (bicyclic) bond motifs is 1. The highest BCUT2D eigenvalue weighted by Gasteiger charge is 2.27. The highest BCUT2D eigenvalue weighted by Crippen LogP contribution is 2.32. The van der Waals surface area contributed by atoms with Crippen LogP contribution < -0.4 is 4.90 Å². The van der Waals surface area contributed by atoms with E-state index in [0.717, 1.165) is 35.2 Å². The van der Waals surface area contributed by atoms with E-state index in [0.29, 0.717) is 22.8 Å². The number of aromatic nitrogens is 1. The third-order valence-electron chi connectivity index (χ3n) is 5.05. The minimum Gasteiger partial charge on any atom is -0.465 e. The van der Waals surface area contributed by atoms with Gasteiger partial charge < -0.3 is 9.47 Å². The standard InChI is InChI=1S/C22H22N2O4S/c1-14-5-3-7-18-19(14)23-22(29-18)24(13-17-6-4-12-28-17)20(25)15-8-10-16(11-9-15)21(26)27-2/h3,5,7-11,17H,4,6,12-13H2,1-2H3.